The van der Waals surface area contributed by atoms with Gasteiger partial charge >= 0.3 is 0 Å². The van der Waals surface area contributed by atoms with Gasteiger partial charge in [0.15, 0.2) is 5.96 Å². The maximum absolute atomic E-state index is 5.85. The molecule has 1 unspecified atom stereocenters. The Bertz CT molecular complexity index is 359. The van der Waals surface area contributed by atoms with Crippen molar-refractivity contribution in [1.29, 1.82) is 0 Å². The van der Waals surface area contributed by atoms with E-state index in [-0.39, 0.29) is 6.04 Å². The number of hydrogen-bond acceptors (Lipinski definition) is 1. The Labute approximate surface area is 102 Å². The van der Waals surface area contributed by atoms with Crippen molar-refractivity contribution < 1.29 is 0 Å². The number of aliphatic imine (C=N–C) groups is 1. The lowest BCUT2D eigenvalue weighted by molar-refractivity contribution is 0.397. The summed E-state index contributed by atoms with van der Waals surface area (Å²) in [5.41, 5.74) is 7.01. The van der Waals surface area contributed by atoms with Crippen LogP contribution in [0, 0.1) is 0 Å². The van der Waals surface area contributed by atoms with E-state index in [2.05, 4.69) is 11.9 Å². The first-order chi connectivity index (χ1) is 7.56. The molecule has 0 radical (unpaired) electrons. The summed E-state index contributed by atoms with van der Waals surface area (Å²) < 4.78 is 0. The second-order valence-electron chi connectivity index (χ2n) is 3.67. The quantitative estimate of drug-likeness (QED) is 0.651. The van der Waals surface area contributed by atoms with E-state index in [0.717, 1.165) is 5.02 Å². The Morgan fingerprint density at radius 2 is 2.00 bits per heavy atom. The summed E-state index contributed by atoms with van der Waals surface area (Å²) >= 11 is 5.85. The van der Waals surface area contributed by atoms with Crippen LogP contribution in [0.2, 0.25) is 5.02 Å². The molecule has 0 fully saturated rings. The SMILES string of the molecule is CCN=C(N)N(C)C(C)c1ccc(Cl)cc1. The van der Waals surface area contributed by atoms with Gasteiger partial charge in [0.05, 0.1) is 6.04 Å². The molecule has 1 rings (SSSR count). The van der Waals surface area contributed by atoms with Crippen molar-refractivity contribution in [3.8, 4) is 0 Å². The standard InChI is InChI=1S/C12H18ClN3/c1-4-15-12(14)16(3)9(2)10-5-7-11(13)8-6-10/h5-9H,4H2,1-3H3,(H2,14,15). The molecule has 16 heavy (non-hydrogen) atoms. The van der Waals surface area contributed by atoms with Gasteiger partial charge in [0.25, 0.3) is 0 Å². The summed E-state index contributed by atoms with van der Waals surface area (Å²) in [5, 5.41) is 0.744. The van der Waals surface area contributed by atoms with Gasteiger partial charge in [0, 0.05) is 18.6 Å². The molecule has 0 saturated heterocycles. The Balaban J connectivity index is 2.81. The molecule has 0 aromatic heterocycles. The van der Waals surface area contributed by atoms with Crippen molar-refractivity contribution in [2.75, 3.05) is 13.6 Å². The molecular formula is C12H18ClN3. The minimum atomic E-state index is 0.188. The van der Waals surface area contributed by atoms with Gasteiger partial charge < -0.3 is 10.6 Å². The predicted octanol–water partition coefficient (Wildman–Crippen LogP) is 2.67. The smallest absolute Gasteiger partial charge is 0.191 e. The number of guanidine groups is 1. The van der Waals surface area contributed by atoms with E-state index in [1.54, 1.807) is 0 Å². The first-order valence-corrected chi connectivity index (χ1v) is 5.72. The van der Waals surface area contributed by atoms with E-state index in [4.69, 9.17) is 17.3 Å². The largest absolute Gasteiger partial charge is 0.370 e. The maximum Gasteiger partial charge on any atom is 0.191 e. The fraction of sp³-hybridized carbons (Fsp3) is 0.417. The van der Waals surface area contributed by atoms with Crippen LogP contribution in [0.5, 0.6) is 0 Å². The average Bonchev–Trinajstić information content (AvgIpc) is 2.28. The number of benzene rings is 1. The van der Waals surface area contributed by atoms with Crippen LogP contribution >= 0.6 is 11.6 Å². The van der Waals surface area contributed by atoms with Crippen LogP contribution in [0.15, 0.2) is 29.3 Å². The lowest BCUT2D eigenvalue weighted by Gasteiger charge is -2.26. The second-order valence-corrected chi connectivity index (χ2v) is 4.11. The van der Waals surface area contributed by atoms with Gasteiger partial charge in [-0.05, 0) is 31.5 Å². The van der Waals surface area contributed by atoms with Crippen molar-refractivity contribution in [2.45, 2.75) is 19.9 Å². The summed E-state index contributed by atoms with van der Waals surface area (Å²) in [6.07, 6.45) is 0. The molecule has 88 valence electrons. The monoisotopic (exact) mass is 239 g/mol. The number of hydrogen-bond donors (Lipinski definition) is 1. The van der Waals surface area contributed by atoms with Gasteiger partial charge in [-0.2, -0.15) is 0 Å². The summed E-state index contributed by atoms with van der Waals surface area (Å²) in [7, 11) is 1.94. The summed E-state index contributed by atoms with van der Waals surface area (Å²) in [6.45, 7) is 4.75. The van der Waals surface area contributed by atoms with Crippen molar-refractivity contribution in [3.05, 3.63) is 34.9 Å². The molecule has 1 atom stereocenters. The lowest BCUT2D eigenvalue weighted by atomic mass is 10.1. The van der Waals surface area contributed by atoms with Crippen LogP contribution in [-0.4, -0.2) is 24.5 Å². The predicted molar refractivity (Wildman–Crippen MR) is 69.8 cm³/mol. The number of nitrogens with zero attached hydrogens (tertiary/aromatic N) is 2. The molecule has 1 aromatic rings. The van der Waals surface area contributed by atoms with Crippen LogP contribution in [0.3, 0.4) is 0 Å². The molecule has 1 aromatic carbocycles. The van der Waals surface area contributed by atoms with Crippen LogP contribution < -0.4 is 5.73 Å². The Hall–Kier alpha value is -1.22. The third-order valence-electron chi connectivity index (χ3n) is 2.61. The highest BCUT2D eigenvalue weighted by Gasteiger charge is 2.12. The molecule has 2 N–H and O–H groups in total. The van der Waals surface area contributed by atoms with Gasteiger partial charge in [0.1, 0.15) is 0 Å². The molecule has 0 bridgehead atoms. The molecule has 0 amide bonds. The normalized spacial score (nSPS) is 13.6. The average molecular weight is 240 g/mol. The van der Waals surface area contributed by atoms with Gasteiger partial charge in [-0.15, -0.1) is 0 Å². The zero-order valence-corrected chi connectivity index (χ0v) is 10.7. The highest BCUT2D eigenvalue weighted by Crippen LogP contribution is 2.20. The van der Waals surface area contributed by atoms with Crippen molar-refractivity contribution >= 4 is 17.6 Å². The fourth-order valence-electron chi connectivity index (χ4n) is 1.44. The van der Waals surface area contributed by atoms with Crippen molar-refractivity contribution in [1.82, 2.24) is 4.90 Å². The summed E-state index contributed by atoms with van der Waals surface area (Å²) in [6, 6.07) is 7.96. The highest BCUT2D eigenvalue weighted by molar-refractivity contribution is 6.30. The Morgan fingerprint density at radius 3 is 2.50 bits per heavy atom. The second kappa shape index (κ2) is 5.75. The van der Waals surface area contributed by atoms with E-state index in [9.17, 15) is 0 Å². The van der Waals surface area contributed by atoms with Crippen LogP contribution in [0.4, 0.5) is 0 Å². The first-order valence-electron chi connectivity index (χ1n) is 5.34. The zero-order valence-electron chi connectivity index (χ0n) is 9.94. The third kappa shape index (κ3) is 3.14. The fourth-order valence-corrected chi connectivity index (χ4v) is 1.56. The minimum Gasteiger partial charge on any atom is -0.370 e. The molecule has 4 heteroatoms. The van der Waals surface area contributed by atoms with Crippen LogP contribution in [0.25, 0.3) is 0 Å². The first kappa shape index (κ1) is 12.8. The maximum atomic E-state index is 5.85. The van der Waals surface area contributed by atoms with E-state index in [1.165, 1.54) is 5.56 Å². The molecule has 0 aliphatic rings. The Kier molecular flexibility index (Phi) is 4.62. The molecule has 0 saturated carbocycles. The number of nitrogens with two attached hydrogens (primary N) is 1. The summed E-state index contributed by atoms with van der Waals surface area (Å²) in [5.74, 6) is 0.560. The molecular weight excluding hydrogens is 222 g/mol. The van der Waals surface area contributed by atoms with E-state index >= 15 is 0 Å². The number of rotatable bonds is 3. The molecule has 3 nitrogen and oxygen atoms in total. The molecule has 0 spiro atoms. The highest BCUT2D eigenvalue weighted by atomic mass is 35.5. The number of halogens is 1. The van der Waals surface area contributed by atoms with E-state index in [1.807, 2.05) is 43.1 Å². The van der Waals surface area contributed by atoms with Crippen LogP contribution in [-0.2, 0) is 0 Å². The third-order valence-corrected chi connectivity index (χ3v) is 2.87. The van der Waals surface area contributed by atoms with Gasteiger partial charge in [-0.3, -0.25) is 4.99 Å². The molecule has 0 aliphatic heterocycles. The van der Waals surface area contributed by atoms with E-state index in [0.29, 0.717) is 12.5 Å². The zero-order chi connectivity index (χ0) is 12.1. The van der Waals surface area contributed by atoms with Gasteiger partial charge in [-0.25, -0.2) is 0 Å². The van der Waals surface area contributed by atoms with Crippen molar-refractivity contribution in [2.24, 2.45) is 10.7 Å². The molecule has 0 aliphatic carbocycles. The van der Waals surface area contributed by atoms with E-state index < -0.39 is 0 Å². The van der Waals surface area contributed by atoms with Crippen LogP contribution in [0.1, 0.15) is 25.5 Å². The lowest BCUT2D eigenvalue weighted by Crippen LogP contribution is -2.36. The van der Waals surface area contributed by atoms with Crippen molar-refractivity contribution in [3.63, 3.8) is 0 Å². The minimum absolute atomic E-state index is 0.188. The summed E-state index contributed by atoms with van der Waals surface area (Å²) in [4.78, 5) is 6.13. The van der Waals surface area contributed by atoms with Gasteiger partial charge in [0.2, 0.25) is 0 Å². The topological polar surface area (TPSA) is 41.6 Å². The Morgan fingerprint density at radius 1 is 1.44 bits per heavy atom. The van der Waals surface area contributed by atoms with Gasteiger partial charge in [-0.1, -0.05) is 23.7 Å². The molecule has 0 heterocycles.